The minimum Gasteiger partial charge on any atom is -0.493 e. The van der Waals surface area contributed by atoms with Gasteiger partial charge in [0.1, 0.15) is 5.76 Å². The van der Waals surface area contributed by atoms with Gasteiger partial charge in [0.15, 0.2) is 16.2 Å². The molecule has 0 radical (unpaired) electrons. The number of furan rings is 1. The van der Waals surface area contributed by atoms with E-state index in [1.807, 2.05) is 0 Å². The first-order valence-electron chi connectivity index (χ1n) is 9.26. The number of hydrazone groups is 1. The van der Waals surface area contributed by atoms with Gasteiger partial charge in [-0.3, -0.25) is 9.59 Å². The zero-order valence-corrected chi connectivity index (χ0v) is 19.1. The van der Waals surface area contributed by atoms with E-state index >= 15 is 0 Å². The Hall–Kier alpha value is -3.79. The first kappa shape index (κ1) is 22.9. The lowest BCUT2D eigenvalue weighted by molar-refractivity contribution is 0.0956. The van der Waals surface area contributed by atoms with E-state index in [-0.39, 0.29) is 11.1 Å². The average molecular weight is 502 g/mol. The lowest BCUT2D eigenvalue weighted by Gasteiger charge is -2.15. The molecule has 0 unspecified atom stereocenters. The van der Waals surface area contributed by atoms with Gasteiger partial charge in [0.25, 0.3) is 11.8 Å². The summed E-state index contributed by atoms with van der Waals surface area (Å²) in [6.07, 6.45) is 1.36. The fraction of sp³-hybridized carbons (Fsp3) is 0.136. The molecule has 3 rings (SSSR count). The Bertz CT molecular complexity index is 1130. The SMILES string of the molecule is COc1cc(C(=O)Nc2ccccc2C(=O)N/N=C\c2ccc(Br)o2)cc(OC)c1OC. The van der Waals surface area contributed by atoms with E-state index in [0.717, 1.165) is 0 Å². The molecule has 0 spiro atoms. The topological polar surface area (TPSA) is 111 Å². The maximum Gasteiger partial charge on any atom is 0.273 e. The summed E-state index contributed by atoms with van der Waals surface area (Å²) in [4.78, 5) is 25.5. The number of benzene rings is 2. The molecule has 0 saturated heterocycles. The van der Waals surface area contributed by atoms with Crippen LogP contribution in [0.3, 0.4) is 0 Å². The van der Waals surface area contributed by atoms with E-state index < -0.39 is 11.8 Å². The van der Waals surface area contributed by atoms with Crippen molar-refractivity contribution in [2.75, 3.05) is 26.6 Å². The third-order valence-electron chi connectivity index (χ3n) is 4.30. The van der Waals surface area contributed by atoms with Crippen molar-refractivity contribution in [2.45, 2.75) is 0 Å². The van der Waals surface area contributed by atoms with Crippen LogP contribution in [0.4, 0.5) is 5.69 Å². The highest BCUT2D eigenvalue weighted by molar-refractivity contribution is 9.10. The number of rotatable bonds is 8. The molecule has 1 aromatic heterocycles. The summed E-state index contributed by atoms with van der Waals surface area (Å²) in [6, 6.07) is 13.0. The van der Waals surface area contributed by atoms with Crippen LogP contribution in [0.5, 0.6) is 17.2 Å². The van der Waals surface area contributed by atoms with Gasteiger partial charge in [-0.1, -0.05) is 12.1 Å². The number of para-hydroxylation sites is 1. The monoisotopic (exact) mass is 501 g/mol. The fourth-order valence-electron chi connectivity index (χ4n) is 2.81. The van der Waals surface area contributed by atoms with Crippen LogP contribution >= 0.6 is 15.9 Å². The molecule has 2 aromatic carbocycles. The molecule has 10 heteroatoms. The molecule has 2 N–H and O–H groups in total. The largest absolute Gasteiger partial charge is 0.493 e. The van der Waals surface area contributed by atoms with E-state index in [1.54, 1.807) is 36.4 Å². The van der Waals surface area contributed by atoms with Gasteiger partial charge in [-0.2, -0.15) is 5.10 Å². The Balaban J connectivity index is 1.79. The van der Waals surface area contributed by atoms with E-state index in [4.69, 9.17) is 18.6 Å². The second kappa shape index (κ2) is 10.5. The number of methoxy groups -OCH3 is 3. The van der Waals surface area contributed by atoms with E-state index in [2.05, 4.69) is 31.8 Å². The highest BCUT2D eigenvalue weighted by Gasteiger charge is 2.19. The summed E-state index contributed by atoms with van der Waals surface area (Å²) < 4.78 is 21.7. The number of amides is 2. The average Bonchev–Trinajstić information content (AvgIpc) is 3.22. The van der Waals surface area contributed by atoms with Crippen molar-refractivity contribution in [3.05, 3.63) is 70.1 Å². The van der Waals surface area contributed by atoms with Crippen LogP contribution in [-0.2, 0) is 0 Å². The fourth-order valence-corrected chi connectivity index (χ4v) is 3.13. The minimum absolute atomic E-state index is 0.228. The van der Waals surface area contributed by atoms with E-state index in [1.165, 1.54) is 39.7 Å². The van der Waals surface area contributed by atoms with Crippen molar-refractivity contribution in [3.8, 4) is 17.2 Å². The van der Waals surface area contributed by atoms with Gasteiger partial charge in [0.2, 0.25) is 5.75 Å². The Morgan fingerprint density at radius 3 is 2.25 bits per heavy atom. The molecule has 166 valence electrons. The van der Waals surface area contributed by atoms with Crippen LogP contribution in [0.2, 0.25) is 0 Å². The van der Waals surface area contributed by atoms with Gasteiger partial charge in [-0.05, 0) is 52.3 Å². The molecule has 0 aliphatic heterocycles. The molecule has 0 bridgehead atoms. The lowest BCUT2D eigenvalue weighted by atomic mass is 10.1. The number of nitrogens with zero attached hydrogens (tertiary/aromatic N) is 1. The standard InChI is InChI=1S/C22H20BrN3O6/c1-29-17-10-13(11-18(30-2)20(17)31-3)21(27)25-16-7-5-4-6-15(16)22(28)26-24-12-14-8-9-19(23)32-14/h4-12H,1-3H3,(H,25,27)(H,26,28)/b24-12-. The Morgan fingerprint density at radius 1 is 0.969 bits per heavy atom. The third kappa shape index (κ3) is 5.27. The molecular formula is C22H20BrN3O6. The normalized spacial score (nSPS) is 10.6. The van der Waals surface area contributed by atoms with E-state index in [9.17, 15) is 9.59 Å². The highest BCUT2D eigenvalue weighted by atomic mass is 79.9. The van der Waals surface area contributed by atoms with Gasteiger partial charge in [0, 0.05) is 5.56 Å². The van der Waals surface area contributed by atoms with Crippen LogP contribution in [0.1, 0.15) is 26.5 Å². The molecule has 2 amide bonds. The first-order chi connectivity index (χ1) is 15.5. The van der Waals surface area contributed by atoms with Crippen LogP contribution in [-0.4, -0.2) is 39.4 Å². The van der Waals surface area contributed by atoms with Gasteiger partial charge < -0.3 is 23.9 Å². The highest BCUT2D eigenvalue weighted by Crippen LogP contribution is 2.38. The van der Waals surface area contributed by atoms with Gasteiger partial charge in [-0.15, -0.1) is 0 Å². The molecule has 3 aromatic rings. The summed E-state index contributed by atoms with van der Waals surface area (Å²) in [6.45, 7) is 0. The molecule has 32 heavy (non-hydrogen) atoms. The van der Waals surface area contributed by atoms with Crippen LogP contribution in [0, 0.1) is 0 Å². The number of hydrogen-bond donors (Lipinski definition) is 2. The Kier molecular flexibility index (Phi) is 7.50. The minimum atomic E-state index is -0.507. The predicted molar refractivity (Wildman–Crippen MR) is 122 cm³/mol. The predicted octanol–water partition coefficient (Wildman–Crippen LogP) is 4.08. The van der Waals surface area contributed by atoms with E-state index in [0.29, 0.717) is 33.4 Å². The van der Waals surface area contributed by atoms with Crippen LogP contribution in [0.25, 0.3) is 0 Å². The molecule has 9 nitrogen and oxygen atoms in total. The Labute approximate surface area is 192 Å². The van der Waals surface area contributed by atoms with Crippen molar-refractivity contribution >= 4 is 39.6 Å². The molecule has 0 aliphatic rings. The second-order valence-electron chi connectivity index (χ2n) is 6.25. The number of carbonyl (C=O) groups excluding carboxylic acids is 2. The quantitative estimate of drug-likeness (QED) is 0.355. The van der Waals surface area contributed by atoms with Crippen molar-refractivity contribution < 1.29 is 28.2 Å². The number of halogens is 1. The van der Waals surface area contributed by atoms with Crippen LogP contribution in [0.15, 0.2) is 62.7 Å². The van der Waals surface area contributed by atoms with Gasteiger partial charge >= 0.3 is 0 Å². The number of ether oxygens (including phenoxy) is 3. The van der Waals surface area contributed by atoms with Gasteiger partial charge in [0.05, 0.1) is 38.8 Å². The lowest BCUT2D eigenvalue weighted by Crippen LogP contribution is -2.21. The third-order valence-corrected chi connectivity index (χ3v) is 4.72. The molecule has 0 atom stereocenters. The second-order valence-corrected chi connectivity index (χ2v) is 7.04. The zero-order chi connectivity index (χ0) is 23.1. The molecule has 0 fully saturated rings. The van der Waals surface area contributed by atoms with Crippen LogP contribution < -0.4 is 25.0 Å². The Morgan fingerprint density at radius 2 is 1.66 bits per heavy atom. The maximum atomic E-state index is 12.9. The van der Waals surface area contributed by atoms with Crippen molar-refractivity contribution in [1.29, 1.82) is 0 Å². The number of hydrogen-bond acceptors (Lipinski definition) is 7. The molecule has 1 heterocycles. The summed E-state index contributed by atoms with van der Waals surface area (Å²) in [5.74, 6) is 0.527. The van der Waals surface area contributed by atoms with Crippen molar-refractivity contribution in [3.63, 3.8) is 0 Å². The van der Waals surface area contributed by atoms with Crippen molar-refractivity contribution in [1.82, 2.24) is 5.43 Å². The number of nitrogens with one attached hydrogen (secondary N) is 2. The summed E-state index contributed by atoms with van der Waals surface area (Å²) >= 11 is 3.19. The summed E-state index contributed by atoms with van der Waals surface area (Å²) in [7, 11) is 4.39. The summed E-state index contributed by atoms with van der Waals surface area (Å²) in [5, 5.41) is 6.61. The maximum absolute atomic E-state index is 12.9. The molecular weight excluding hydrogens is 482 g/mol. The smallest absolute Gasteiger partial charge is 0.273 e. The number of anilines is 1. The number of carbonyl (C=O) groups is 2. The summed E-state index contributed by atoms with van der Waals surface area (Å²) in [5.41, 5.74) is 3.20. The van der Waals surface area contributed by atoms with Gasteiger partial charge in [-0.25, -0.2) is 5.43 Å². The zero-order valence-electron chi connectivity index (χ0n) is 17.5. The first-order valence-corrected chi connectivity index (χ1v) is 10.0. The molecule has 0 aliphatic carbocycles. The van der Waals surface area contributed by atoms with Crippen molar-refractivity contribution in [2.24, 2.45) is 5.10 Å². The molecule has 0 saturated carbocycles.